The van der Waals surface area contributed by atoms with Crippen LogP contribution >= 0.6 is 11.8 Å². The molecular weight excluding hydrogens is 351 g/mol. The second-order valence-electron chi connectivity index (χ2n) is 6.15. The van der Waals surface area contributed by atoms with Crippen LogP contribution in [0, 0.1) is 19.7 Å². The van der Waals surface area contributed by atoms with Gasteiger partial charge in [-0.1, -0.05) is 6.07 Å². The fraction of sp³-hybridized carbons (Fsp3) is 0.300. The molecule has 2 aromatic rings. The lowest BCUT2D eigenvalue weighted by Gasteiger charge is -2.17. The topological polar surface area (TPSA) is 49.4 Å². The summed E-state index contributed by atoms with van der Waals surface area (Å²) < 4.78 is 12.9. The van der Waals surface area contributed by atoms with Gasteiger partial charge in [0.05, 0.1) is 6.54 Å². The zero-order valence-electron chi connectivity index (χ0n) is 15.2. The van der Waals surface area contributed by atoms with E-state index in [4.69, 9.17) is 0 Å². The van der Waals surface area contributed by atoms with E-state index < -0.39 is 0 Å². The van der Waals surface area contributed by atoms with Crippen molar-refractivity contribution in [1.29, 1.82) is 0 Å². The second kappa shape index (κ2) is 9.38. The Morgan fingerprint density at radius 3 is 2.42 bits per heavy atom. The zero-order valence-corrected chi connectivity index (χ0v) is 16.0. The van der Waals surface area contributed by atoms with Crippen molar-refractivity contribution in [2.45, 2.75) is 25.2 Å². The van der Waals surface area contributed by atoms with Crippen molar-refractivity contribution in [2.24, 2.45) is 0 Å². The quantitative estimate of drug-likeness (QED) is 0.745. The molecule has 4 nitrogen and oxygen atoms in total. The Kier molecular flexibility index (Phi) is 7.21. The average molecular weight is 374 g/mol. The molecular formula is C20H23FN2O2S. The van der Waals surface area contributed by atoms with Crippen molar-refractivity contribution >= 4 is 29.3 Å². The van der Waals surface area contributed by atoms with Gasteiger partial charge in [0.25, 0.3) is 0 Å². The molecule has 2 rings (SSSR count). The van der Waals surface area contributed by atoms with E-state index in [1.54, 1.807) is 18.8 Å². The third-order valence-electron chi connectivity index (χ3n) is 4.00. The predicted molar refractivity (Wildman–Crippen MR) is 104 cm³/mol. The van der Waals surface area contributed by atoms with Crippen LogP contribution in [0.15, 0.2) is 47.4 Å². The lowest BCUT2D eigenvalue weighted by Crippen LogP contribution is -2.35. The second-order valence-corrected chi connectivity index (χ2v) is 7.32. The smallest absolute Gasteiger partial charge is 0.243 e. The molecule has 0 aliphatic rings. The number of nitrogens with one attached hydrogen (secondary N) is 1. The van der Waals surface area contributed by atoms with E-state index in [0.717, 1.165) is 4.90 Å². The van der Waals surface area contributed by atoms with Crippen molar-refractivity contribution in [1.82, 2.24) is 4.90 Å². The van der Waals surface area contributed by atoms with Gasteiger partial charge in [-0.15, -0.1) is 11.8 Å². The van der Waals surface area contributed by atoms with E-state index >= 15 is 0 Å². The molecule has 0 aromatic heterocycles. The first kappa shape index (κ1) is 20.0. The first-order valence-electron chi connectivity index (χ1n) is 8.34. The Bertz CT molecular complexity index is 778. The molecule has 2 aromatic carbocycles. The standard InChI is InChI=1S/C20H23FN2O2S/c1-14-4-9-18(12-15(14)2)26-11-10-20(25)23(3)13-19(24)22-17-7-5-16(21)6-8-17/h4-9,12H,10-11,13H2,1-3H3,(H,22,24). The van der Waals surface area contributed by atoms with Crippen LogP contribution in [0.5, 0.6) is 0 Å². The summed E-state index contributed by atoms with van der Waals surface area (Å²) >= 11 is 1.63. The van der Waals surface area contributed by atoms with Gasteiger partial charge in [-0.3, -0.25) is 9.59 Å². The molecule has 0 aliphatic heterocycles. The Labute approximate surface area is 157 Å². The van der Waals surface area contributed by atoms with Crippen molar-refractivity contribution in [3.8, 4) is 0 Å². The highest BCUT2D eigenvalue weighted by molar-refractivity contribution is 7.99. The number of carbonyl (C=O) groups is 2. The Morgan fingerprint density at radius 2 is 1.77 bits per heavy atom. The summed E-state index contributed by atoms with van der Waals surface area (Å²) in [6.45, 7) is 4.10. The number of amides is 2. The number of nitrogens with zero attached hydrogens (tertiary/aromatic N) is 1. The third kappa shape index (κ3) is 6.19. The van der Waals surface area contributed by atoms with E-state index in [1.807, 2.05) is 0 Å². The van der Waals surface area contributed by atoms with Gasteiger partial charge in [0.2, 0.25) is 11.8 Å². The van der Waals surface area contributed by atoms with Crippen LogP contribution in [-0.2, 0) is 9.59 Å². The molecule has 0 radical (unpaired) electrons. The average Bonchev–Trinajstić information content (AvgIpc) is 2.60. The molecule has 26 heavy (non-hydrogen) atoms. The zero-order chi connectivity index (χ0) is 19.1. The van der Waals surface area contributed by atoms with Crippen molar-refractivity contribution < 1.29 is 14.0 Å². The van der Waals surface area contributed by atoms with Gasteiger partial charge in [0, 0.05) is 29.8 Å². The van der Waals surface area contributed by atoms with E-state index in [9.17, 15) is 14.0 Å². The molecule has 0 saturated carbocycles. The molecule has 0 saturated heterocycles. The first-order valence-corrected chi connectivity index (χ1v) is 9.33. The summed E-state index contributed by atoms with van der Waals surface area (Å²) in [5, 5.41) is 2.64. The summed E-state index contributed by atoms with van der Waals surface area (Å²) in [6, 6.07) is 11.8. The SMILES string of the molecule is Cc1ccc(SCCC(=O)N(C)CC(=O)Nc2ccc(F)cc2)cc1C. The Morgan fingerprint density at radius 1 is 1.08 bits per heavy atom. The number of hydrogen-bond acceptors (Lipinski definition) is 3. The molecule has 0 fully saturated rings. The van der Waals surface area contributed by atoms with Gasteiger partial charge < -0.3 is 10.2 Å². The maximum atomic E-state index is 12.9. The summed E-state index contributed by atoms with van der Waals surface area (Å²) in [6.07, 6.45) is 0.359. The summed E-state index contributed by atoms with van der Waals surface area (Å²) in [5.74, 6) is -0.105. The van der Waals surface area contributed by atoms with Crippen LogP contribution in [-0.4, -0.2) is 36.1 Å². The van der Waals surface area contributed by atoms with Gasteiger partial charge >= 0.3 is 0 Å². The number of anilines is 1. The minimum atomic E-state index is -0.364. The largest absolute Gasteiger partial charge is 0.336 e. The van der Waals surface area contributed by atoms with E-state index in [0.29, 0.717) is 17.9 Å². The molecule has 0 atom stereocenters. The minimum Gasteiger partial charge on any atom is -0.336 e. The molecule has 6 heteroatoms. The van der Waals surface area contributed by atoms with E-state index in [2.05, 4.69) is 37.4 Å². The van der Waals surface area contributed by atoms with Crippen LogP contribution in [0.1, 0.15) is 17.5 Å². The van der Waals surface area contributed by atoms with Gasteiger partial charge in [-0.2, -0.15) is 0 Å². The van der Waals surface area contributed by atoms with Crippen molar-refractivity contribution in [3.05, 3.63) is 59.4 Å². The normalized spacial score (nSPS) is 10.5. The summed E-state index contributed by atoms with van der Waals surface area (Å²) in [5.41, 5.74) is 2.98. The number of hydrogen-bond donors (Lipinski definition) is 1. The minimum absolute atomic E-state index is 0.0372. The molecule has 138 valence electrons. The lowest BCUT2D eigenvalue weighted by atomic mass is 10.1. The molecule has 0 bridgehead atoms. The van der Waals surface area contributed by atoms with Gasteiger partial charge in [0.1, 0.15) is 5.82 Å². The van der Waals surface area contributed by atoms with E-state index in [-0.39, 0.29) is 24.2 Å². The molecule has 1 N–H and O–H groups in total. The van der Waals surface area contributed by atoms with E-state index in [1.165, 1.54) is 40.3 Å². The summed E-state index contributed by atoms with van der Waals surface area (Å²) in [4.78, 5) is 26.7. The third-order valence-corrected chi connectivity index (χ3v) is 4.99. The van der Waals surface area contributed by atoms with Gasteiger partial charge in [-0.25, -0.2) is 4.39 Å². The number of likely N-dealkylation sites (N-methyl/N-ethyl adjacent to an activating group) is 1. The summed E-state index contributed by atoms with van der Waals surface area (Å²) in [7, 11) is 1.60. The maximum Gasteiger partial charge on any atom is 0.243 e. The predicted octanol–water partition coefficient (Wildman–Crippen LogP) is 4.02. The Balaban J connectivity index is 1.75. The highest BCUT2D eigenvalue weighted by Gasteiger charge is 2.13. The highest BCUT2D eigenvalue weighted by atomic mass is 32.2. The number of aryl methyl sites for hydroxylation is 2. The Hall–Kier alpha value is -2.34. The first-order chi connectivity index (χ1) is 12.3. The fourth-order valence-electron chi connectivity index (χ4n) is 2.29. The van der Waals surface area contributed by atoms with Crippen molar-refractivity contribution in [2.75, 3.05) is 24.7 Å². The molecule has 0 unspecified atom stereocenters. The molecule has 2 amide bonds. The van der Waals surface area contributed by atoms with Gasteiger partial charge in [0.15, 0.2) is 0 Å². The number of benzene rings is 2. The lowest BCUT2D eigenvalue weighted by molar-refractivity contribution is -0.132. The fourth-order valence-corrected chi connectivity index (χ4v) is 3.22. The number of thioether (sulfide) groups is 1. The van der Waals surface area contributed by atoms with Crippen LogP contribution in [0.3, 0.4) is 0 Å². The monoisotopic (exact) mass is 374 g/mol. The molecule has 0 aliphatic carbocycles. The van der Waals surface area contributed by atoms with Crippen LogP contribution in [0.4, 0.5) is 10.1 Å². The maximum absolute atomic E-state index is 12.9. The highest BCUT2D eigenvalue weighted by Crippen LogP contribution is 2.21. The van der Waals surface area contributed by atoms with Crippen LogP contribution in [0.25, 0.3) is 0 Å². The van der Waals surface area contributed by atoms with Crippen LogP contribution in [0.2, 0.25) is 0 Å². The van der Waals surface area contributed by atoms with Crippen LogP contribution < -0.4 is 5.32 Å². The molecule has 0 heterocycles. The number of rotatable bonds is 7. The van der Waals surface area contributed by atoms with Gasteiger partial charge in [-0.05, 0) is 61.4 Å². The molecule has 0 spiro atoms. The van der Waals surface area contributed by atoms with Crippen molar-refractivity contribution in [3.63, 3.8) is 0 Å². The number of halogens is 1. The number of carbonyl (C=O) groups excluding carboxylic acids is 2.